The van der Waals surface area contributed by atoms with Crippen LogP contribution >= 0.6 is 23.2 Å². The number of rotatable bonds is 7. The van der Waals surface area contributed by atoms with Crippen LogP contribution in [0.2, 0.25) is 5.02 Å². The van der Waals surface area contributed by atoms with E-state index < -0.39 is 12.1 Å². The van der Waals surface area contributed by atoms with E-state index in [2.05, 4.69) is 6.92 Å². The molecule has 3 atom stereocenters. The Kier molecular flexibility index (Phi) is 9.87. The molecule has 1 saturated heterocycles. The maximum absolute atomic E-state index is 14.7. The van der Waals surface area contributed by atoms with Crippen LogP contribution in [0.5, 0.6) is 11.5 Å². The molecule has 9 nitrogen and oxygen atoms in total. The molecule has 234 valence electrons. The molecule has 0 aromatic heterocycles. The largest absolute Gasteiger partial charge is 0.497 e. The standard InChI is InChI=1S/C33H39Cl2N5O4/c1-20(2)44-28-18-25(43-4)10-12-27(28)32-37-30(22-5-7-23(34)8-6-22)31(26-11-9-24(35)17-21(26)3)40(32)33(42)39-15-13-38(14-16-39)29(41)19-36/h5-12,18,20-21,30-31H,13-17,19,36H2,1-4H3/t21?,30?,31-/m0/s1. The molecule has 0 spiro atoms. The molecule has 0 saturated carbocycles. The number of halogens is 2. The topological polar surface area (TPSA) is 101 Å². The average molecular weight is 641 g/mol. The highest BCUT2D eigenvalue weighted by Crippen LogP contribution is 2.44. The van der Waals surface area contributed by atoms with Crippen LogP contribution in [0.1, 0.15) is 44.4 Å². The highest BCUT2D eigenvalue weighted by atomic mass is 35.5. The molecule has 2 unspecified atom stereocenters. The van der Waals surface area contributed by atoms with Gasteiger partial charge in [-0.1, -0.05) is 48.3 Å². The Balaban J connectivity index is 1.66. The summed E-state index contributed by atoms with van der Waals surface area (Å²) in [5.41, 5.74) is 8.27. The Bertz CT molecular complexity index is 1480. The Morgan fingerprint density at radius 3 is 2.32 bits per heavy atom. The number of hydrogen-bond acceptors (Lipinski definition) is 6. The van der Waals surface area contributed by atoms with E-state index in [0.29, 0.717) is 60.5 Å². The van der Waals surface area contributed by atoms with Gasteiger partial charge in [0, 0.05) is 42.3 Å². The molecular formula is C33H39Cl2N5O4. The fourth-order valence-electron chi connectivity index (χ4n) is 6.01. The lowest BCUT2D eigenvalue weighted by Crippen LogP contribution is -2.57. The van der Waals surface area contributed by atoms with Gasteiger partial charge in [-0.25, -0.2) is 4.79 Å². The number of carbonyl (C=O) groups excluding carboxylic acids is 2. The second kappa shape index (κ2) is 13.6. The summed E-state index contributed by atoms with van der Waals surface area (Å²) in [4.78, 5) is 37.6. The van der Waals surface area contributed by atoms with Gasteiger partial charge in [0.1, 0.15) is 23.4 Å². The molecule has 0 bridgehead atoms. The van der Waals surface area contributed by atoms with Crippen molar-refractivity contribution in [3.8, 4) is 11.5 Å². The summed E-state index contributed by atoms with van der Waals surface area (Å²) in [7, 11) is 1.61. The smallest absolute Gasteiger partial charge is 0.326 e. The maximum Gasteiger partial charge on any atom is 0.326 e. The average Bonchev–Trinajstić information content (AvgIpc) is 3.40. The number of nitrogens with zero attached hydrogens (tertiary/aromatic N) is 4. The lowest BCUT2D eigenvalue weighted by Gasteiger charge is -2.40. The van der Waals surface area contributed by atoms with E-state index in [0.717, 1.165) is 16.2 Å². The van der Waals surface area contributed by atoms with Crippen LogP contribution in [-0.2, 0) is 4.79 Å². The minimum Gasteiger partial charge on any atom is -0.497 e. The minimum absolute atomic E-state index is 0.0556. The van der Waals surface area contributed by atoms with Gasteiger partial charge >= 0.3 is 6.03 Å². The van der Waals surface area contributed by atoms with Gasteiger partial charge in [0.2, 0.25) is 5.91 Å². The molecule has 2 aromatic rings. The van der Waals surface area contributed by atoms with Gasteiger partial charge in [-0.3, -0.25) is 14.7 Å². The molecule has 3 amide bonds. The van der Waals surface area contributed by atoms with E-state index in [1.807, 2.05) is 73.4 Å². The van der Waals surface area contributed by atoms with Crippen LogP contribution in [0.4, 0.5) is 4.79 Å². The highest BCUT2D eigenvalue weighted by Gasteiger charge is 2.47. The van der Waals surface area contributed by atoms with E-state index >= 15 is 0 Å². The third kappa shape index (κ3) is 6.60. The molecule has 1 fully saturated rings. The normalized spacial score (nSPS) is 22.0. The number of carbonyl (C=O) groups is 2. The van der Waals surface area contributed by atoms with Crippen LogP contribution < -0.4 is 15.2 Å². The Morgan fingerprint density at radius 2 is 1.70 bits per heavy atom. The molecule has 2 N–H and O–H groups in total. The van der Waals surface area contributed by atoms with Crippen LogP contribution in [0.25, 0.3) is 0 Å². The van der Waals surface area contributed by atoms with Crippen molar-refractivity contribution in [1.82, 2.24) is 14.7 Å². The van der Waals surface area contributed by atoms with Crippen LogP contribution in [0.15, 0.2) is 70.2 Å². The summed E-state index contributed by atoms with van der Waals surface area (Å²) < 4.78 is 11.8. The lowest BCUT2D eigenvalue weighted by molar-refractivity contribution is -0.131. The third-order valence-electron chi connectivity index (χ3n) is 8.22. The fraction of sp³-hybridized carbons (Fsp3) is 0.424. The Morgan fingerprint density at radius 1 is 1.02 bits per heavy atom. The number of ether oxygens (including phenoxy) is 2. The van der Waals surface area contributed by atoms with Gasteiger partial charge in [0.15, 0.2) is 0 Å². The first-order chi connectivity index (χ1) is 21.1. The van der Waals surface area contributed by atoms with E-state index in [1.54, 1.807) is 16.9 Å². The van der Waals surface area contributed by atoms with Crippen molar-refractivity contribution in [2.24, 2.45) is 16.6 Å². The number of urea groups is 1. The number of aliphatic imine (C=N–C) groups is 1. The second-order valence-electron chi connectivity index (χ2n) is 11.5. The summed E-state index contributed by atoms with van der Waals surface area (Å²) in [6, 6.07) is 12.1. The quantitative estimate of drug-likeness (QED) is 0.424. The van der Waals surface area contributed by atoms with Crippen LogP contribution in [0, 0.1) is 5.92 Å². The second-order valence-corrected chi connectivity index (χ2v) is 12.5. The molecule has 2 aliphatic heterocycles. The maximum atomic E-state index is 14.7. The molecule has 44 heavy (non-hydrogen) atoms. The number of allylic oxidation sites excluding steroid dienone is 3. The van der Waals surface area contributed by atoms with Gasteiger partial charge in [-0.2, -0.15) is 0 Å². The van der Waals surface area contributed by atoms with Crippen LogP contribution in [-0.4, -0.2) is 84.5 Å². The lowest BCUT2D eigenvalue weighted by atomic mass is 9.83. The summed E-state index contributed by atoms with van der Waals surface area (Å²) in [6.45, 7) is 7.56. The number of nitrogens with two attached hydrogens (primary N) is 1. The number of amides is 3. The fourth-order valence-corrected chi connectivity index (χ4v) is 6.43. The number of piperazine rings is 1. The molecule has 2 aromatic carbocycles. The van der Waals surface area contributed by atoms with E-state index in [4.69, 9.17) is 43.4 Å². The first-order valence-electron chi connectivity index (χ1n) is 14.9. The van der Waals surface area contributed by atoms with Gasteiger partial charge in [-0.15, -0.1) is 0 Å². The summed E-state index contributed by atoms with van der Waals surface area (Å²) in [5, 5.41) is 1.39. The van der Waals surface area contributed by atoms with E-state index in [9.17, 15) is 9.59 Å². The van der Waals surface area contributed by atoms with Crippen molar-refractivity contribution in [2.75, 3.05) is 39.8 Å². The number of hydrogen-bond donors (Lipinski definition) is 1. The van der Waals surface area contributed by atoms with Gasteiger partial charge in [0.05, 0.1) is 31.4 Å². The van der Waals surface area contributed by atoms with Gasteiger partial charge in [-0.05, 0) is 67.7 Å². The Labute approximate surface area is 268 Å². The molecule has 1 aliphatic carbocycles. The van der Waals surface area contributed by atoms with Crippen molar-refractivity contribution >= 4 is 41.0 Å². The minimum atomic E-state index is -0.438. The van der Waals surface area contributed by atoms with Gasteiger partial charge < -0.3 is 25.0 Å². The zero-order chi connectivity index (χ0) is 31.5. The summed E-state index contributed by atoms with van der Waals surface area (Å²) in [5.74, 6) is 1.65. The number of amidine groups is 1. The monoisotopic (exact) mass is 639 g/mol. The van der Waals surface area contributed by atoms with Crippen LogP contribution in [0.3, 0.4) is 0 Å². The molecular weight excluding hydrogens is 601 g/mol. The zero-order valence-electron chi connectivity index (χ0n) is 25.5. The SMILES string of the molecule is COc1ccc(C2=NC(c3ccc(Cl)cc3)[C@H](C3=CC=C(Cl)CC3C)N2C(=O)N2CCN(C(=O)CN)CC2)c(OC(C)C)c1. The molecule has 11 heteroatoms. The van der Waals surface area contributed by atoms with E-state index in [1.165, 1.54) is 0 Å². The summed E-state index contributed by atoms with van der Waals surface area (Å²) >= 11 is 12.7. The van der Waals surface area contributed by atoms with Crippen molar-refractivity contribution in [3.63, 3.8) is 0 Å². The third-order valence-corrected chi connectivity index (χ3v) is 8.75. The zero-order valence-corrected chi connectivity index (χ0v) is 27.0. The van der Waals surface area contributed by atoms with E-state index in [-0.39, 0.29) is 30.5 Å². The molecule has 5 rings (SSSR count). The highest BCUT2D eigenvalue weighted by molar-refractivity contribution is 6.30. The predicted octanol–water partition coefficient (Wildman–Crippen LogP) is 5.62. The van der Waals surface area contributed by atoms with Crippen molar-refractivity contribution in [2.45, 2.75) is 45.4 Å². The molecule has 3 aliphatic rings. The first kappa shape index (κ1) is 31.9. The molecule has 2 heterocycles. The van der Waals surface area contributed by atoms with Crippen molar-refractivity contribution in [1.29, 1.82) is 0 Å². The predicted molar refractivity (Wildman–Crippen MR) is 174 cm³/mol. The molecule has 0 radical (unpaired) electrons. The van der Waals surface area contributed by atoms with Crippen molar-refractivity contribution < 1.29 is 19.1 Å². The number of benzene rings is 2. The van der Waals surface area contributed by atoms with Crippen molar-refractivity contribution in [3.05, 3.63) is 81.4 Å². The Hall–Kier alpha value is -3.53. The number of methoxy groups -OCH3 is 1. The van der Waals surface area contributed by atoms with Gasteiger partial charge in [0.25, 0.3) is 0 Å². The first-order valence-corrected chi connectivity index (χ1v) is 15.7. The summed E-state index contributed by atoms with van der Waals surface area (Å²) in [6.07, 6.45) is 4.48.